The minimum atomic E-state index is 0.102. The molecule has 0 saturated carbocycles. The van der Waals surface area contributed by atoms with Gasteiger partial charge in [0, 0.05) is 19.6 Å². The fourth-order valence-corrected chi connectivity index (χ4v) is 1.29. The van der Waals surface area contributed by atoms with Crippen molar-refractivity contribution in [2.24, 2.45) is 5.92 Å². The van der Waals surface area contributed by atoms with Crippen LogP contribution in [0.2, 0.25) is 0 Å². The van der Waals surface area contributed by atoms with E-state index in [1.165, 1.54) is 0 Å². The molecular weight excluding hydrogens is 140 g/mol. The van der Waals surface area contributed by atoms with E-state index in [-0.39, 0.29) is 6.03 Å². The van der Waals surface area contributed by atoms with E-state index in [4.69, 9.17) is 0 Å². The molecule has 0 aromatic carbocycles. The van der Waals surface area contributed by atoms with Crippen molar-refractivity contribution in [3.8, 4) is 0 Å². The first-order chi connectivity index (χ1) is 5.20. The summed E-state index contributed by atoms with van der Waals surface area (Å²) in [6.45, 7) is 6.90. The van der Waals surface area contributed by atoms with E-state index >= 15 is 0 Å². The molecule has 0 aliphatic carbocycles. The third kappa shape index (κ3) is 2.41. The van der Waals surface area contributed by atoms with Crippen LogP contribution >= 0.6 is 0 Å². The lowest BCUT2D eigenvalue weighted by Gasteiger charge is -2.28. The molecule has 1 N–H and O–H groups in total. The summed E-state index contributed by atoms with van der Waals surface area (Å²) in [6, 6.07) is 0.102. The number of rotatable bonds is 2. The number of carbonyl (C=O) groups is 1. The van der Waals surface area contributed by atoms with Crippen LogP contribution in [-0.4, -0.2) is 30.6 Å². The lowest BCUT2D eigenvalue weighted by atomic mass is 10.2. The summed E-state index contributed by atoms with van der Waals surface area (Å²) in [7, 11) is 0. The maximum atomic E-state index is 11.1. The Labute approximate surface area is 67.8 Å². The predicted molar refractivity (Wildman–Crippen MR) is 44.4 cm³/mol. The molecular formula is C8H16N2O. The van der Waals surface area contributed by atoms with Gasteiger partial charge in [0.05, 0.1) is 0 Å². The molecule has 1 saturated heterocycles. The Kier molecular flexibility index (Phi) is 2.74. The lowest BCUT2D eigenvalue weighted by molar-refractivity contribution is 0.179. The first-order valence-electron chi connectivity index (χ1n) is 4.23. The number of hydrogen-bond acceptors (Lipinski definition) is 1. The van der Waals surface area contributed by atoms with Crippen molar-refractivity contribution in [3.63, 3.8) is 0 Å². The summed E-state index contributed by atoms with van der Waals surface area (Å²) in [5.41, 5.74) is 0. The summed E-state index contributed by atoms with van der Waals surface area (Å²) in [4.78, 5) is 13.0. The van der Waals surface area contributed by atoms with Crippen molar-refractivity contribution >= 4 is 6.03 Å². The Morgan fingerprint density at radius 1 is 1.64 bits per heavy atom. The number of carbonyl (C=O) groups excluding carboxylic acids is 1. The highest BCUT2D eigenvalue weighted by atomic mass is 16.2. The SMILES string of the molecule is CC(C)CN1CCCNC1=O. The van der Waals surface area contributed by atoms with Gasteiger partial charge in [-0.3, -0.25) is 0 Å². The number of amides is 2. The van der Waals surface area contributed by atoms with Crippen molar-refractivity contribution < 1.29 is 4.79 Å². The minimum Gasteiger partial charge on any atom is -0.338 e. The van der Waals surface area contributed by atoms with Gasteiger partial charge in [-0.25, -0.2) is 4.79 Å². The van der Waals surface area contributed by atoms with Gasteiger partial charge in [-0.2, -0.15) is 0 Å². The van der Waals surface area contributed by atoms with Crippen LogP contribution in [-0.2, 0) is 0 Å². The lowest BCUT2D eigenvalue weighted by Crippen LogP contribution is -2.47. The van der Waals surface area contributed by atoms with Gasteiger partial charge in [0.2, 0.25) is 0 Å². The predicted octanol–water partition coefficient (Wildman–Crippen LogP) is 1.06. The third-order valence-corrected chi connectivity index (χ3v) is 1.75. The zero-order chi connectivity index (χ0) is 8.27. The van der Waals surface area contributed by atoms with E-state index in [0.717, 1.165) is 26.1 Å². The zero-order valence-corrected chi connectivity index (χ0v) is 7.26. The van der Waals surface area contributed by atoms with Gasteiger partial charge < -0.3 is 10.2 Å². The number of nitrogens with zero attached hydrogens (tertiary/aromatic N) is 1. The quantitative estimate of drug-likeness (QED) is 0.637. The van der Waals surface area contributed by atoms with Crippen LogP contribution in [0, 0.1) is 5.92 Å². The molecule has 1 rings (SSSR count). The Bertz CT molecular complexity index is 145. The maximum absolute atomic E-state index is 11.1. The van der Waals surface area contributed by atoms with Crippen LogP contribution in [0.3, 0.4) is 0 Å². The minimum absolute atomic E-state index is 0.102. The number of nitrogens with one attached hydrogen (secondary N) is 1. The molecule has 0 radical (unpaired) electrons. The average Bonchev–Trinajstić information content (AvgIpc) is 1.93. The molecule has 11 heavy (non-hydrogen) atoms. The van der Waals surface area contributed by atoms with Gasteiger partial charge in [-0.1, -0.05) is 13.8 Å². The fourth-order valence-electron chi connectivity index (χ4n) is 1.29. The molecule has 1 aliphatic heterocycles. The Morgan fingerprint density at radius 3 is 2.91 bits per heavy atom. The average molecular weight is 156 g/mol. The molecule has 2 amide bonds. The molecule has 0 aromatic rings. The van der Waals surface area contributed by atoms with Crippen LogP contribution < -0.4 is 5.32 Å². The highest BCUT2D eigenvalue weighted by Crippen LogP contribution is 2.03. The smallest absolute Gasteiger partial charge is 0.317 e. The van der Waals surface area contributed by atoms with Crippen molar-refractivity contribution in [1.82, 2.24) is 10.2 Å². The van der Waals surface area contributed by atoms with Gasteiger partial charge in [-0.05, 0) is 12.3 Å². The van der Waals surface area contributed by atoms with E-state index < -0.39 is 0 Å². The van der Waals surface area contributed by atoms with Gasteiger partial charge in [0.1, 0.15) is 0 Å². The molecule has 64 valence electrons. The van der Waals surface area contributed by atoms with E-state index in [0.29, 0.717) is 5.92 Å². The van der Waals surface area contributed by atoms with Crippen LogP contribution in [0.5, 0.6) is 0 Å². The number of urea groups is 1. The van der Waals surface area contributed by atoms with Gasteiger partial charge in [0.25, 0.3) is 0 Å². The second-order valence-electron chi connectivity index (χ2n) is 3.43. The molecule has 0 spiro atoms. The monoisotopic (exact) mass is 156 g/mol. The van der Waals surface area contributed by atoms with Gasteiger partial charge >= 0.3 is 6.03 Å². The summed E-state index contributed by atoms with van der Waals surface area (Å²) >= 11 is 0. The van der Waals surface area contributed by atoms with Crippen molar-refractivity contribution in [2.75, 3.05) is 19.6 Å². The highest BCUT2D eigenvalue weighted by Gasteiger charge is 2.17. The maximum Gasteiger partial charge on any atom is 0.317 e. The van der Waals surface area contributed by atoms with Crippen molar-refractivity contribution in [3.05, 3.63) is 0 Å². The first kappa shape index (κ1) is 8.37. The van der Waals surface area contributed by atoms with Crippen LogP contribution in [0.25, 0.3) is 0 Å². The van der Waals surface area contributed by atoms with Crippen LogP contribution in [0.4, 0.5) is 4.79 Å². The second-order valence-corrected chi connectivity index (χ2v) is 3.43. The molecule has 0 bridgehead atoms. The Hall–Kier alpha value is -0.730. The molecule has 0 aromatic heterocycles. The molecule has 3 heteroatoms. The zero-order valence-electron chi connectivity index (χ0n) is 7.26. The van der Waals surface area contributed by atoms with E-state index in [2.05, 4.69) is 19.2 Å². The Balaban J connectivity index is 2.36. The summed E-state index contributed by atoms with van der Waals surface area (Å²) < 4.78 is 0. The molecule has 0 atom stereocenters. The topological polar surface area (TPSA) is 32.3 Å². The molecule has 1 heterocycles. The molecule has 0 unspecified atom stereocenters. The fraction of sp³-hybridized carbons (Fsp3) is 0.875. The summed E-state index contributed by atoms with van der Waals surface area (Å²) in [6.07, 6.45) is 1.08. The summed E-state index contributed by atoms with van der Waals surface area (Å²) in [5, 5.41) is 2.82. The second kappa shape index (κ2) is 3.60. The summed E-state index contributed by atoms with van der Waals surface area (Å²) in [5.74, 6) is 0.568. The van der Waals surface area contributed by atoms with Crippen molar-refractivity contribution in [1.29, 1.82) is 0 Å². The molecule has 1 aliphatic rings. The van der Waals surface area contributed by atoms with E-state index in [1.54, 1.807) is 0 Å². The van der Waals surface area contributed by atoms with Gasteiger partial charge in [0.15, 0.2) is 0 Å². The van der Waals surface area contributed by atoms with E-state index in [9.17, 15) is 4.79 Å². The van der Waals surface area contributed by atoms with Crippen LogP contribution in [0.1, 0.15) is 20.3 Å². The molecule has 3 nitrogen and oxygen atoms in total. The Morgan fingerprint density at radius 2 is 2.36 bits per heavy atom. The first-order valence-corrected chi connectivity index (χ1v) is 4.23. The van der Waals surface area contributed by atoms with Gasteiger partial charge in [-0.15, -0.1) is 0 Å². The normalized spacial score (nSPS) is 18.8. The third-order valence-electron chi connectivity index (χ3n) is 1.75. The molecule has 1 fully saturated rings. The van der Waals surface area contributed by atoms with Crippen molar-refractivity contribution in [2.45, 2.75) is 20.3 Å². The largest absolute Gasteiger partial charge is 0.338 e. The van der Waals surface area contributed by atoms with E-state index in [1.807, 2.05) is 4.90 Å². The van der Waals surface area contributed by atoms with Crippen LogP contribution in [0.15, 0.2) is 0 Å². The standard InChI is InChI=1S/C8H16N2O/c1-7(2)6-10-5-3-4-9-8(10)11/h7H,3-6H2,1-2H3,(H,9,11). The highest BCUT2D eigenvalue weighted by molar-refractivity contribution is 5.74. The number of hydrogen-bond donors (Lipinski definition) is 1.